The Labute approximate surface area is 223 Å². The average molecular weight is 515 g/mol. The third-order valence-electron chi connectivity index (χ3n) is 6.31. The van der Waals surface area contributed by atoms with Gasteiger partial charge in [-0.15, -0.1) is 0 Å². The molecule has 2 heterocycles. The summed E-state index contributed by atoms with van der Waals surface area (Å²) in [5.41, 5.74) is 6.03. The minimum atomic E-state index is 0.584. The van der Waals surface area contributed by atoms with Gasteiger partial charge < -0.3 is 28.3 Å². The van der Waals surface area contributed by atoms with E-state index < -0.39 is 0 Å². The van der Waals surface area contributed by atoms with Crippen LogP contribution < -0.4 is 4.90 Å². The van der Waals surface area contributed by atoms with Crippen LogP contribution in [0.4, 0.5) is 5.69 Å². The molecule has 198 valence electrons. The number of hydrogen-bond acceptors (Lipinski definition) is 7. The van der Waals surface area contributed by atoms with Crippen LogP contribution in [0.3, 0.4) is 0 Å². The van der Waals surface area contributed by atoms with Crippen LogP contribution in [-0.4, -0.2) is 70.9 Å². The second-order valence-corrected chi connectivity index (χ2v) is 8.97. The van der Waals surface area contributed by atoms with Crippen molar-refractivity contribution < 1.29 is 23.4 Å². The quantitative estimate of drug-likeness (QED) is 0.331. The molecule has 0 N–H and O–H groups in total. The first kappa shape index (κ1) is 26.1. The van der Waals surface area contributed by atoms with Gasteiger partial charge in [0.2, 0.25) is 5.89 Å². The summed E-state index contributed by atoms with van der Waals surface area (Å²) in [4.78, 5) is 6.87. The fourth-order valence-electron chi connectivity index (χ4n) is 4.20. The van der Waals surface area contributed by atoms with E-state index in [4.69, 9.17) is 23.4 Å². The van der Waals surface area contributed by atoms with Gasteiger partial charge in [0.05, 0.1) is 52.9 Å². The fraction of sp³-hybridized carbons (Fsp3) is 0.323. The summed E-state index contributed by atoms with van der Waals surface area (Å²) < 4.78 is 28.4. The Bertz CT molecular complexity index is 1230. The van der Waals surface area contributed by atoms with E-state index in [1.807, 2.05) is 36.4 Å². The van der Waals surface area contributed by atoms with Gasteiger partial charge in [0.1, 0.15) is 5.52 Å². The average Bonchev–Trinajstić information content (AvgIpc) is 3.39. The van der Waals surface area contributed by atoms with Crippen molar-refractivity contribution in [3.05, 3.63) is 83.9 Å². The topological polar surface area (TPSA) is 66.2 Å². The zero-order chi connectivity index (χ0) is 25.8. The number of fused-ring (bicyclic) bond motifs is 1. The molecule has 3 aromatic carbocycles. The molecule has 0 atom stereocenters. The summed E-state index contributed by atoms with van der Waals surface area (Å²) in [6.45, 7) is 6.38. The molecule has 5 rings (SSSR count). The molecule has 38 heavy (non-hydrogen) atoms. The van der Waals surface area contributed by atoms with E-state index >= 15 is 0 Å². The van der Waals surface area contributed by atoms with E-state index in [0.29, 0.717) is 58.7 Å². The number of nitrogens with zero attached hydrogens (tertiary/aromatic N) is 2. The third-order valence-corrected chi connectivity index (χ3v) is 6.31. The normalized spacial score (nSPS) is 16.9. The molecule has 0 bridgehead atoms. The van der Waals surface area contributed by atoms with Crippen LogP contribution >= 0.6 is 0 Å². The summed E-state index contributed by atoms with van der Waals surface area (Å²) in [7, 11) is 0. The Morgan fingerprint density at radius 3 is 1.68 bits per heavy atom. The highest BCUT2D eigenvalue weighted by molar-refractivity contribution is 5.77. The van der Waals surface area contributed by atoms with Gasteiger partial charge in [-0.25, -0.2) is 4.98 Å². The Kier molecular flexibility index (Phi) is 9.55. The molecule has 7 heteroatoms. The summed E-state index contributed by atoms with van der Waals surface area (Å²) in [6, 6.07) is 24.6. The number of oxazole rings is 1. The molecule has 0 amide bonds. The van der Waals surface area contributed by atoms with E-state index in [-0.39, 0.29) is 0 Å². The molecular weight excluding hydrogens is 480 g/mol. The van der Waals surface area contributed by atoms with Crippen LogP contribution in [0.25, 0.3) is 34.7 Å². The molecular formula is C31H34N2O5. The van der Waals surface area contributed by atoms with Crippen LogP contribution in [0.1, 0.15) is 11.1 Å². The van der Waals surface area contributed by atoms with E-state index in [0.717, 1.165) is 46.6 Å². The Balaban J connectivity index is 1.18. The highest BCUT2D eigenvalue weighted by atomic mass is 16.6. The summed E-state index contributed by atoms with van der Waals surface area (Å²) in [5, 5.41) is 0. The molecule has 1 aliphatic heterocycles. The number of benzene rings is 3. The van der Waals surface area contributed by atoms with Gasteiger partial charge in [-0.2, -0.15) is 0 Å². The van der Waals surface area contributed by atoms with Crippen molar-refractivity contribution >= 4 is 28.9 Å². The van der Waals surface area contributed by atoms with E-state index in [9.17, 15) is 0 Å². The second-order valence-electron chi connectivity index (χ2n) is 8.97. The molecule has 7 nitrogen and oxygen atoms in total. The lowest BCUT2D eigenvalue weighted by atomic mass is 10.1. The van der Waals surface area contributed by atoms with Crippen LogP contribution in [-0.2, 0) is 18.9 Å². The highest BCUT2D eigenvalue weighted by Gasteiger charge is 2.09. The van der Waals surface area contributed by atoms with Crippen LogP contribution in [0, 0.1) is 0 Å². The molecule has 1 fully saturated rings. The molecule has 0 radical (unpaired) electrons. The maximum absolute atomic E-state index is 5.88. The van der Waals surface area contributed by atoms with Crippen molar-refractivity contribution in [2.75, 3.05) is 70.8 Å². The summed E-state index contributed by atoms with van der Waals surface area (Å²) >= 11 is 0. The number of rotatable bonds is 4. The second kappa shape index (κ2) is 13.9. The minimum absolute atomic E-state index is 0.584. The number of hydrogen-bond donors (Lipinski definition) is 0. The maximum Gasteiger partial charge on any atom is 0.227 e. The van der Waals surface area contributed by atoms with Gasteiger partial charge in [-0.3, -0.25) is 0 Å². The van der Waals surface area contributed by atoms with Crippen LogP contribution in [0.2, 0.25) is 0 Å². The van der Waals surface area contributed by atoms with Crippen LogP contribution in [0.5, 0.6) is 0 Å². The Morgan fingerprint density at radius 2 is 1.11 bits per heavy atom. The predicted octanol–water partition coefficient (Wildman–Crippen LogP) is 5.55. The molecule has 1 aromatic heterocycles. The molecule has 1 aliphatic rings. The van der Waals surface area contributed by atoms with E-state index in [1.165, 1.54) is 0 Å². The molecule has 0 aliphatic carbocycles. The van der Waals surface area contributed by atoms with Gasteiger partial charge in [-0.1, -0.05) is 48.6 Å². The van der Waals surface area contributed by atoms with E-state index in [2.05, 4.69) is 58.4 Å². The molecule has 0 saturated carbocycles. The van der Waals surface area contributed by atoms with Crippen molar-refractivity contribution in [1.29, 1.82) is 0 Å². The highest BCUT2D eigenvalue weighted by Crippen LogP contribution is 2.25. The summed E-state index contributed by atoms with van der Waals surface area (Å²) in [6.07, 6.45) is 4.23. The number of para-hydroxylation sites is 2. The smallest absolute Gasteiger partial charge is 0.227 e. The zero-order valence-electron chi connectivity index (χ0n) is 21.6. The van der Waals surface area contributed by atoms with Crippen molar-refractivity contribution in [1.82, 2.24) is 4.98 Å². The first-order chi connectivity index (χ1) is 18.8. The first-order valence-electron chi connectivity index (χ1n) is 13.2. The number of anilines is 1. The SMILES string of the molecule is C(=C\c1ccc(N2CCOCCOCCOCCOCC2)cc1)/c1ccc(-c2nc3ccccc3o2)cc1. The lowest BCUT2D eigenvalue weighted by molar-refractivity contribution is 0.00206. The van der Waals surface area contributed by atoms with E-state index in [1.54, 1.807) is 0 Å². The van der Waals surface area contributed by atoms with Crippen molar-refractivity contribution in [3.63, 3.8) is 0 Å². The molecule has 0 spiro atoms. The largest absolute Gasteiger partial charge is 0.436 e. The maximum atomic E-state index is 5.88. The summed E-state index contributed by atoms with van der Waals surface area (Å²) in [5.74, 6) is 0.637. The number of ether oxygens (including phenoxy) is 4. The third kappa shape index (κ3) is 7.52. The first-order valence-corrected chi connectivity index (χ1v) is 13.2. The van der Waals surface area contributed by atoms with Gasteiger partial charge in [-0.05, 0) is 47.5 Å². The van der Waals surface area contributed by atoms with Gasteiger partial charge >= 0.3 is 0 Å². The van der Waals surface area contributed by atoms with Gasteiger partial charge in [0, 0.05) is 24.3 Å². The number of aromatic nitrogens is 1. The molecule has 0 unspecified atom stereocenters. The van der Waals surface area contributed by atoms with Crippen molar-refractivity contribution in [2.45, 2.75) is 0 Å². The van der Waals surface area contributed by atoms with Crippen molar-refractivity contribution in [3.8, 4) is 11.5 Å². The fourth-order valence-corrected chi connectivity index (χ4v) is 4.20. The Hall–Kier alpha value is -3.49. The van der Waals surface area contributed by atoms with Gasteiger partial charge in [0.15, 0.2) is 5.58 Å². The lowest BCUT2D eigenvalue weighted by Crippen LogP contribution is -2.31. The van der Waals surface area contributed by atoms with Crippen LogP contribution in [0.15, 0.2) is 77.2 Å². The van der Waals surface area contributed by atoms with Crippen molar-refractivity contribution in [2.24, 2.45) is 0 Å². The molecule has 4 aromatic rings. The monoisotopic (exact) mass is 514 g/mol. The minimum Gasteiger partial charge on any atom is -0.436 e. The standard InChI is InChI=1S/C31H34N2O5/c1-2-4-30-29(3-1)32-31(38-30)27-11-7-25(8-12-27)5-6-26-9-13-28(14-10-26)33-15-17-34-19-21-36-23-24-37-22-20-35-18-16-33/h1-14H,15-24H2/b6-5+. The lowest BCUT2D eigenvalue weighted by Gasteiger charge is -2.25. The zero-order valence-corrected chi connectivity index (χ0v) is 21.6. The Morgan fingerprint density at radius 1 is 0.579 bits per heavy atom. The molecule has 1 saturated heterocycles. The van der Waals surface area contributed by atoms with Gasteiger partial charge in [0.25, 0.3) is 0 Å². The predicted molar refractivity (Wildman–Crippen MR) is 150 cm³/mol.